The number of amides is 2. The highest BCUT2D eigenvalue weighted by Gasteiger charge is 2.10. The zero-order valence-electron chi connectivity index (χ0n) is 14.0. The summed E-state index contributed by atoms with van der Waals surface area (Å²) in [6.45, 7) is 3.93. The number of hydrogen-bond donors (Lipinski definition) is 2. The number of rotatable bonds is 4. The van der Waals surface area contributed by atoms with Crippen molar-refractivity contribution in [3.63, 3.8) is 0 Å². The van der Waals surface area contributed by atoms with E-state index >= 15 is 0 Å². The van der Waals surface area contributed by atoms with E-state index in [4.69, 9.17) is 0 Å². The number of benzene rings is 2. The molecule has 25 heavy (non-hydrogen) atoms. The smallest absolute Gasteiger partial charge is 0.319 e. The Morgan fingerprint density at radius 1 is 1.16 bits per heavy atom. The van der Waals surface area contributed by atoms with E-state index in [-0.39, 0.29) is 12.1 Å². The van der Waals surface area contributed by atoms with Crippen LogP contribution in [-0.4, -0.2) is 15.8 Å². The van der Waals surface area contributed by atoms with E-state index in [0.29, 0.717) is 5.69 Å². The van der Waals surface area contributed by atoms with Crippen LogP contribution in [-0.2, 0) is 0 Å². The average Bonchev–Trinajstić information content (AvgIpc) is 3.01. The van der Waals surface area contributed by atoms with E-state index in [9.17, 15) is 4.79 Å². The normalized spacial score (nSPS) is 11.8. The lowest BCUT2D eigenvalue weighted by Crippen LogP contribution is -2.31. The molecule has 2 aromatic carbocycles. The second kappa shape index (κ2) is 7.53. The Labute approximate surface area is 155 Å². The molecule has 0 bridgehead atoms. The van der Waals surface area contributed by atoms with Crippen molar-refractivity contribution in [1.29, 1.82) is 0 Å². The Morgan fingerprint density at radius 3 is 2.68 bits per heavy atom. The maximum atomic E-state index is 12.3. The molecule has 2 N–H and O–H groups in total. The van der Waals surface area contributed by atoms with E-state index in [1.165, 1.54) is 0 Å². The monoisotopic (exact) mass is 398 g/mol. The molecule has 1 aromatic heterocycles. The van der Waals surface area contributed by atoms with E-state index in [1.807, 2.05) is 73.1 Å². The second-order valence-corrected chi connectivity index (χ2v) is 6.73. The van der Waals surface area contributed by atoms with Gasteiger partial charge in [-0.05, 0) is 55.8 Å². The zero-order valence-corrected chi connectivity index (χ0v) is 15.6. The molecule has 0 saturated carbocycles. The average molecular weight is 399 g/mol. The summed E-state index contributed by atoms with van der Waals surface area (Å²) in [6, 6.07) is 17.1. The second-order valence-electron chi connectivity index (χ2n) is 5.81. The summed E-state index contributed by atoms with van der Waals surface area (Å²) >= 11 is 3.45. The molecule has 6 heteroatoms. The van der Waals surface area contributed by atoms with Crippen molar-refractivity contribution in [2.45, 2.75) is 19.9 Å². The van der Waals surface area contributed by atoms with Crippen LogP contribution >= 0.6 is 15.9 Å². The van der Waals surface area contributed by atoms with Crippen molar-refractivity contribution in [1.82, 2.24) is 15.1 Å². The molecule has 1 unspecified atom stereocenters. The molecule has 0 aliphatic rings. The standard InChI is InChI=1S/C19H19BrN4O/c1-13-9-10-21-24(13)18-8-4-7-17(12-18)23-19(25)22-14(2)15-5-3-6-16(20)11-15/h3-12,14H,1-2H3,(H2,22,23,25). The quantitative estimate of drug-likeness (QED) is 0.661. The highest BCUT2D eigenvalue weighted by atomic mass is 79.9. The van der Waals surface area contributed by atoms with Crippen LogP contribution in [0.3, 0.4) is 0 Å². The molecule has 1 atom stereocenters. The van der Waals surface area contributed by atoms with Crippen molar-refractivity contribution in [2.75, 3.05) is 5.32 Å². The fraction of sp³-hybridized carbons (Fsp3) is 0.158. The molecule has 0 aliphatic heterocycles. The lowest BCUT2D eigenvalue weighted by atomic mass is 10.1. The Hall–Kier alpha value is -2.60. The van der Waals surface area contributed by atoms with Crippen LogP contribution < -0.4 is 10.6 Å². The topological polar surface area (TPSA) is 59.0 Å². The lowest BCUT2D eigenvalue weighted by Gasteiger charge is -2.16. The first kappa shape index (κ1) is 17.2. The Balaban J connectivity index is 1.68. The molecule has 5 nitrogen and oxygen atoms in total. The highest BCUT2D eigenvalue weighted by molar-refractivity contribution is 9.10. The van der Waals surface area contributed by atoms with E-state index in [2.05, 4.69) is 31.7 Å². The summed E-state index contributed by atoms with van der Waals surface area (Å²) in [4.78, 5) is 12.3. The van der Waals surface area contributed by atoms with Crippen molar-refractivity contribution < 1.29 is 4.79 Å². The van der Waals surface area contributed by atoms with Crippen molar-refractivity contribution >= 4 is 27.6 Å². The van der Waals surface area contributed by atoms with E-state index < -0.39 is 0 Å². The molecule has 2 amide bonds. The third-order valence-corrected chi connectivity index (χ3v) is 4.37. The third-order valence-electron chi connectivity index (χ3n) is 3.88. The van der Waals surface area contributed by atoms with Gasteiger partial charge in [0, 0.05) is 22.1 Å². The summed E-state index contributed by atoms with van der Waals surface area (Å²) in [5, 5.41) is 10.1. The Bertz CT molecular complexity index is 890. The summed E-state index contributed by atoms with van der Waals surface area (Å²) in [6.07, 6.45) is 1.75. The van der Waals surface area contributed by atoms with Gasteiger partial charge in [-0.15, -0.1) is 0 Å². The minimum atomic E-state index is -0.248. The van der Waals surface area contributed by atoms with Gasteiger partial charge in [0.25, 0.3) is 0 Å². The van der Waals surface area contributed by atoms with Gasteiger partial charge in [-0.3, -0.25) is 0 Å². The summed E-state index contributed by atoms with van der Waals surface area (Å²) < 4.78 is 2.81. The summed E-state index contributed by atoms with van der Waals surface area (Å²) in [7, 11) is 0. The van der Waals surface area contributed by atoms with Gasteiger partial charge in [-0.1, -0.05) is 34.1 Å². The largest absolute Gasteiger partial charge is 0.331 e. The molecule has 0 fully saturated rings. The maximum absolute atomic E-state index is 12.3. The number of carbonyl (C=O) groups is 1. The SMILES string of the molecule is Cc1ccnn1-c1cccc(NC(=O)NC(C)c2cccc(Br)c2)c1. The lowest BCUT2D eigenvalue weighted by molar-refractivity contribution is 0.249. The molecule has 3 aromatic rings. The first-order valence-electron chi connectivity index (χ1n) is 7.97. The molecular weight excluding hydrogens is 380 g/mol. The molecule has 0 aliphatic carbocycles. The fourth-order valence-corrected chi connectivity index (χ4v) is 3.00. The van der Waals surface area contributed by atoms with Crippen molar-refractivity contribution in [3.8, 4) is 5.69 Å². The van der Waals surface area contributed by atoms with Crippen molar-refractivity contribution in [3.05, 3.63) is 76.5 Å². The Kier molecular flexibility index (Phi) is 5.19. The van der Waals surface area contributed by atoms with Crippen LogP contribution in [0.15, 0.2) is 65.3 Å². The van der Waals surface area contributed by atoms with Gasteiger partial charge >= 0.3 is 6.03 Å². The minimum absolute atomic E-state index is 0.103. The molecule has 0 saturated heterocycles. The van der Waals surface area contributed by atoms with Gasteiger partial charge in [-0.2, -0.15) is 5.10 Å². The predicted octanol–water partition coefficient (Wildman–Crippen LogP) is 4.83. The number of nitrogens with one attached hydrogen (secondary N) is 2. The number of urea groups is 1. The highest BCUT2D eigenvalue weighted by Crippen LogP contribution is 2.19. The van der Waals surface area contributed by atoms with Crippen molar-refractivity contribution in [2.24, 2.45) is 0 Å². The molecule has 3 rings (SSSR count). The van der Waals surface area contributed by atoms with Crippen LogP contribution in [0.25, 0.3) is 5.69 Å². The van der Waals surface area contributed by atoms with Crippen LogP contribution in [0.5, 0.6) is 0 Å². The third kappa shape index (κ3) is 4.28. The molecule has 0 spiro atoms. The van der Waals surface area contributed by atoms with Gasteiger partial charge in [-0.25, -0.2) is 9.48 Å². The molecular formula is C19H19BrN4O. The number of hydrogen-bond acceptors (Lipinski definition) is 2. The first-order valence-corrected chi connectivity index (χ1v) is 8.76. The fourth-order valence-electron chi connectivity index (χ4n) is 2.58. The minimum Gasteiger partial charge on any atom is -0.331 e. The zero-order chi connectivity index (χ0) is 17.8. The number of anilines is 1. The summed E-state index contributed by atoms with van der Waals surface area (Å²) in [5.74, 6) is 0. The Morgan fingerprint density at radius 2 is 1.96 bits per heavy atom. The number of aryl methyl sites for hydroxylation is 1. The van der Waals surface area contributed by atoms with E-state index in [1.54, 1.807) is 6.20 Å². The maximum Gasteiger partial charge on any atom is 0.319 e. The van der Waals surface area contributed by atoms with Crippen LogP contribution in [0.1, 0.15) is 24.2 Å². The molecule has 0 radical (unpaired) electrons. The van der Waals surface area contributed by atoms with Crippen LogP contribution in [0.2, 0.25) is 0 Å². The predicted molar refractivity (Wildman–Crippen MR) is 103 cm³/mol. The first-order chi connectivity index (χ1) is 12.0. The molecule has 128 valence electrons. The van der Waals surface area contributed by atoms with Gasteiger partial charge in [0.1, 0.15) is 0 Å². The van der Waals surface area contributed by atoms with Gasteiger partial charge in [0.2, 0.25) is 0 Å². The number of carbonyl (C=O) groups excluding carboxylic acids is 1. The van der Waals surface area contributed by atoms with Crippen LogP contribution in [0.4, 0.5) is 10.5 Å². The van der Waals surface area contributed by atoms with Gasteiger partial charge < -0.3 is 10.6 Å². The number of halogens is 1. The van der Waals surface area contributed by atoms with E-state index in [0.717, 1.165) is 21.4 Å². The molecule has 1 heterocycles. The number of aromatic nitrogens is 2. The van der Waals surface area contributed by atoms with Gasteiger partial charge in [0.15, 0.2) is 0 Å². The van der Waals surface area contributed by atoms with Gasteiger partial charge in [0.05, 0.1) is 11.7 Å². The summed E-state index contributed by atoms with van der Waals surface area (Å²) in [5.41, 5.74) is 3.68. The number of nitrogens with zero attached hydrogens (tertiary/aromatic N) is 2. The van der Waals surface area contributed by atoms with Crippen LogP contribution in [0, 0.1) is 6.92 Å².